The molecule has 0 aliphatic heterocycles. The summed E-state index contributed by atoms with van der Waals surface area (Å²) in [6.45, 7) is 8.03. The van der Waals surface area contributed by atoms with Gasteiger partial charge in [0.15, 0.2) is 0 Å². The summed E-state index contributed by atoms with van der Waals surface area (Å²) in [6, 6.07) is 24.9. The van der Waals surface area contributed by atoms with E-state index >= 15 is 0 Å². The first-order chi connectivity index (χ1) is 17.2. The third kappa shape index (κ3) is 7.85. The van der Waals surface area contributed by atoms with Crippen LogP contribution >= 0.6 is 0 Å². The zero-order valence-electron chi connectivity index (χ0n) is 21.7. The van der Waals surface area contributed by atoms with Crippen molar-refractivity contribution in [3.63, 3.8) is 0 Å². The molecule has 0 aliphatic carbocycles. The molecule has 0 aliphatic rings. The summed E-state index contributed by atoms with van der Waals surface area (Å²) in [5.41, 5.74) is 8.13. The van der Waals surface area contributed by atoms with E-state index in [0.29, 0.717) is 0 Å². The van der Waals surface area contributed by atoms with Crippen LogP contribution in [-0.2, 0) is 17.1 Å². The van der Waals surface area contributed by atoms with Gasteiger partial charge in [-0.05, 0) is 52.0 Å². The number of rotatable bonds is 0. The Hall–Kier alpha value is -4.28. The van der Waals surface area contributed by atoms with Crippen molar-refractivity contribution in [1.29, 1.82) is 0 Å². The first-order valence-electron chi connectivity index (χ1n) is 11.3. The standard InChI is InChI=1S/2C14H12N2.Cu.NO3.2H2O/c2*1-9-3-5-11-7-8-12-6-4-10(2)16-14(12)13(11)15-9;;2-1(3)4;;/h2*3-8H,1-2H3;;;2*1H2/q;;+1;-1;;. The van der Waals surface area contributed by atoms with Gasteiger partial charge in [0, 0.05) is 44.3 Å². The van der Waals surface area contributed by atoms with Gasteiger partial charge in [0.1, 0.15) is 0 Å². The van der Waals surface area contributed by atoms with Crippen LogP contribution in [0.15, 0.2) is 72.8 Å². The maximum absolute atomic E-state index is 8.25. The van der Waals surface area contributed by atoms with E-state index in [2.05, 4.69) is 68.5 Å². The first-order valence-corrected chi connectivity index (χ1v) is 11.3. The Balaban J connectivity index is 0.000000322. The average Bonchev–Trinajstić information content (AvgIpc) is 2.84. The van der Waals surface area contributed by atoms with Gasteiger partial charge in [-0.2, -0.15) is 0 Å². The van der Waals surface area contributed by atoms with Crippen LogP contribution in [0.2, 0.25) is 0 Å². The molecule has 0 spiro atoms. The molecule has 2 aromatic carbocycles. The molecular formula is C28H28CuN5O5. The van der Waals surface area contributed by atoms with Crippen LogP contribution < -0.4 is 0 Å². The summed E-state index contributed by atoms with van der Waals surface area (Å²) in [7, 11) is 0. The fourth-order valence-corrected chi connectivity index (χ4v) is 3.93. The van der Waals surface area contributed by atoms with E-state index in [0.717, 1.165) is 66.4 Å². The fraction of sp³-hybridized carbons (Fsp3) is 0.143. The molecule has 39 heavy (non-hydrogen) atoms. The minimum Gasteiger partial charge on any atom is -0.412 e. The Morgan fingerprint density at radius 2 is 0.615 bits per heavy atom. The Morgan fingerprint density at radius 1 is 0.462 bits per heavy atom. The van der Waals surface area contributed by atoms with Gasteiger partial charge in [-0.1, -0.05) is 48.5 Å². The molecule has 0 saturated carbocycles. The van der Waals surface area contributed by atoms with Gasteiger partial charge < -0.3 is 26.3 Å². The monoisotopic (exact) mass is 577 g/mol. The van der Waals surface area contributed by atoms with E-state index in [1.54, 1.807) is 0 Å². The molecule has 4 heterocycles. The smallest absolute Gasteiger partial charge is 0.412 e. The number of hydrogen-bond acceptors (Lipinski definition) is 7. The van der Waals surface area contributed by atoms with E-state index in [9.17, 15) is 0 Å². The average molecular weight is 578 g/mol. The summed E-state index contributed by atoms with van der Waals surface area (Å²) in [6.07, 6.45) is 0. The minimum atomic E-state index is -1.75. The van der Waals surface area contributed by atoms with Crippen molar-refractivity contribution in [2.24, 2.45) is 0 Å². The van der Waals surface area contributed by atoms with Crippen LogP contribution in [0.25, 0.3) is 43.6 Å². The predicted molar refractivity (Wildman–Crippen MR) is 151 cm³/mol. The number of aryl methyl sites for hydroxylation is 4. The van der Waals surface area contributed by atoms with Crippen molar-refractivity contribution < 1.29 is 33.1 Å². The Kier molecular flexibility index (Phi) is 11.8. The molecule has 4 N–H and O–H groups in total. The van der Waals surface area contributed by atoms with Crippen LogP contribution in [0.4, 0.5) is 0 Å². The first kappa shape index (κ1) is 32.7. The number of pyridine rings is 4. The van der Waals surface area contributed by atoms with Crippen molar-refractivity contribution >= 4 is 43.6 Å². The Labute approximate surface area is 235 Å². The van der Waals surface area contributed by atoms with E-state index in [4.69, 9.17) is 15.3 Å². The molecule has 0 atom stereocenters. The minimum absolute atomic E-state index is 0. The molecule has 0 bridgehead atoms. The number of hydrogen-bond donors (Lipinski definition) is 0. The summed E-state index contributed by atoms with van der Waals surface area (Å²) >= 11 is 0. The molecule has 0 amide bonds. The van der Waals surface area contributed by atoms with E-state index in [1.807, 2.05) is 52.0 Å². The van der Waals surface area contributed by atoms with Crippen molar-refractivity contribution in [1.82, 2.24) is 19.9 Å². The molecule has 6 rings (SSSR count). The molecule has 0 unspecified atom stereocenters. The third-order valence-corrected chi connectivity index (χ3v) is 5.60. The van der Waals surface area contributed by atoms with E-state index in [1.165, 1.54) is 0 Å². The molecule has 0 saturated heterocycles. The van der Waals surface area contributed by atoms with Gasteiger partial charge in [-0.3, -0.25) is 19.9 Å². The number of benzene rings is 2. The molecule has 0 radical (unpaired) electrons. The van der Waals surface area contributed by atoms with E-state index in [-0.39, 0.29) is 28.0 Å². The zero-order chi connectivity index (χ0) is 25.8. The van der Waals surface area contributed by atoms with E-state index < -0.39 is 5.09 Å². The molecule has 206 valence electrons. The van der Waals surface area contributed by atoms with Crippen molar-refractivity contribution in [2.75, 3.05) is 0 Å². The largest absolute Gasteiger partial charge is 1.00 e. The Bertz CT molecular complexity index is 1500. The maximum Gasteiger partial charge on any atom is 1.00 e. The van der Waals surface area contributed by atoms with Crippen molar-refractivity contribution in [3.8, 4) is 0 Å². The fourth-order valence-electron chi connectivity index (χ4n) is 3.93. The Morgan fingerprint density at radius 3 is 0.795 bits per heavy atom. The molecule has 4 aromatic heterocycles. The molecular weight excluding hydrogens is 550 g/mol. The zero-order valence-corrected chi connectivity index (χ0v) is 22.6. The predicted octanol–water partition coefficient (Wildman–Crippen LogP) is 4.91. The van der Waals surface area contributed by atoms with Crippen LogP contribution in [0.3, 0.4) is 0 Å². The van der Waals surface area contributed by atoms with Gasteiger partial charge in [-0.25, -0.2) is 0 Å². The van der Waals surface area contributed by atoms with Crippen LogP contribution in [0.5, 0.6) is 0 Å². The molecule has 6 aromatic rings. The normalized spacial score (nSPS) is 9.74. The van der Waals surface area contributed by atoms with Crippen molar-refractivity contribution in [3.05, 3.63) is 111 Å². The second-order valence-corrected chi connectivity index (χ2v) is 8.45. The summed E-state index contributed by atoms with van der Waals surface area (Å²) in [5, 5.41) is 19.3. The summed E-state index contributed by atoms with van der Waals surface area (Å²) < 4.78 is 0. The van der Waals surface area contributed by atoms with Gasteiger partial charge in [0.25, 0.3) is 0 Å². The van der Waals surface area contributed by atoms with Gasteiger partial charge in [0.05, 0.1) is 27.2 Å². The number of aromatic nitrogens is 4. The molecule has 10 nitrogen and oxygen atoms in total. The van der Waals surface area contributed by atoms with Gasteiger partial charge in [0.2, 0.25) is 0 Å². The maximum atomic E-state index is 8.25. The quantitative estimate of drug-likeness (QED) is 0.106. The van der Waals surface area contributed by atoms with Crippen LogP contribution in [0, 0.1) is 43.0 Å². The number of nitrogens with zero attached hydrogens (tertiary/aromatic N) is 5. The SMILES string of the molecule is Cc1ccc2ccc3ccc(C)nc3c2n1.Cc1ccc2ccc3ccc(C)nc3c2n1.O.O.O=[N+]([O-])[O-].[Cu+]. The second kappa shape index (κ2) is 14.0. The number of fused-ring (bicyclic) bond motifs is 6. The molecule has 11 heteroatoms. The van der Waals surface area contributed by atoms with Gasteiger partial charge in [-0.15, -0.1) is 0 Å². The van der Waals surface area contributed by atoms with Gasteiger partial charge >= 0.3 is 17.1 Å². The summed E-state index contributed by atoms with van der Waals surface area (Å²) in [5.74, 6) is 0. The summed E-state index contributed by atoms with van der Waals surface area (Å²) in [4.78, 5) is 26.6. The van der Waals surface area contributed by atoms with Crippen molar-refractivity contribution in [2.45, 2.75) is 27.7 Å². The topological polar surface area (TPSA) is 181 Å². The molecule has 0 fully saturated rings. The third-order valence-electron chi connectivity index (χ3n) is 5.60. The van der Waals surface area contributed by atoms with Crippen LogP contribution in [0.1, 0.15) is 22.8 Å². The second-order valence-electron chi connectivity index (χ2n) is 8.45. The van der Waals surface area contributed by atoms with Crippen LogP contribution in [-0.4, -0.2) is 36.0 Å².